The molecule has 0 saturated carbocycles. The Morgan fingerprint density at radius 1 is 1.03 bits per heavy atom. The highest BCUT2D eigenvalue weighted by Crippen LogP contribution is 2.35. The van der Waals surface area contributed by atoms with E-state index in [1.807, 2.05) is 68.6 Å². The normalized spacial score (nSPS) is 16.0. The molecule has 0 saturated heterocycles. The quantitative estimate of drug-likeness (QED) is 0.494. The number of nitrogens with zero attached hydrogens (tertiary/aromatic N) is 7. The number of amidine groups is 1. The molecule has 2 aliphatic heterocycles. The Kier molecular flexibility index (Phi) is 4.85. The van der Waals surface area contributed by atoms with Gasteiger partial charge in [-0.2, -0.15) is 19.8 Å². The third-order valence-corrected chi connectivity index (χ3v) is 5.53. The van der Waals surface area contributed by atoms with Crippen molar-refractivity contribution in [3.63, 3.8) is 0 Å². The van der Waals surface area contributed by atoms with Crippen molar-refractivity contribution in [3.05, 3.63) is 88.6 Å². The highest BCUT2D eigenvalue weighted by molar-refractivity contribution is 6.33. The molecule has 9 heteroatoms. The number of hydrogen-bond donors (Lipinski definition) is 1. The van der Waals surface area contributed by atoms with Gasteiger partial charge in [0.2, 0.25) is 0 Å². The van der Waals surface area contributed by atoms with E-state index < -0.39 is 0 Å². The molecule has 3 aromatic rings. The summed E-state index contributed by atoms with van der Waals surface area (Å²) in [5, 5.41) is 19.5. The first kappa shape index (κ1) is 19.8. The van der Waals surface area contributed by atoms with Gasteiger partial charge in [0, 0.05) is 29.3 Å². The first-order valence-corrected chi connectivity index (χ1v) is 10.4. The average Bonchev–Trinajstić information content (AvgIpc) is 3.41. The van der Waals surface area contributed by atoms with E-state index in [4.69, 9.17) is 10.7 Å². The lowest BCUT2D eigenvalue weighted by Crippen LogP contribution is -2.44. The predicted molar refractivity (Wildman–Crippen MR) is 123 cm³/mol. The summed E-state index contributed by atoms with van der Waals surface area (Å²) in [5.74, 6) is 0.773. The van der Waals surface area contributed by atoms with E-state index >= 15 is 0 Å². The minimum atomic E-state index is 0.299. The second-order valence-corrected chi connectivity index (χ2v) is 7.86. The fourth-order valence-corrected chi connectivity index (χ4v) is 4.13. The molecule has 0 fully saturated rings. The van der Waals surface area contributed by atoms with E-state index in [1.54, 1.807) is 20.8 Å². The van der Waals surface area contributed by atoms with Crippen molar-refractivity contribution in [2.75, 3.05) is 13.2 Å². The fourth-order valence-electron chi connectivity index (χ4n) is 4.13. The van der Waals surface area contributed by atoms with Crippen molar-refractivity contribution in [1.29, 1.82) is 0 Å². The Bertz CT molecular complexity index is 1220. The van der Waals surface area contributed by atoms with Crippen LogP contribution in [0, 0.1) is 19.1 Å². The van der Waals surface area contributed by atoms with Gasteiger partial charge in [0.05, 0.1) is 18.8 Å². The number of nitrogens with two attached hydrogens (primary N) is 1. The zero-order valence-corrected chi connectivity index (χ0v) is 18.0. The van der Waals surface area contributed by atoms with Crippen LogP contribution >= 0.6 is 0 Å². The molecule has 0 bridgehead atoms. The van der Waals surface area contributed by atoms with E-state index in [1.165, 1.54) is 0 Å². The predicted octanol–water partition coefficient (Wildman–Crippen LogP) is 2.19. The molecule has 0 atom stereocenters. The second-order valence-electron chi connectivity index (χ2n) is 7.86. The number of rotatable bonds is 5. The molecule has 2 N–H and O–H groups in total. The molecule has 9 nitrogen and oxygen atoms in total. The third kappa shape index (κ3) is 3.47. The summed E-state index contributed by atoms with van der Waals surface area (Å²) >= 11 is 0. The minimum Gasteiger partial charge on any atom is -0.692 e. The molecule has 5 rings (SSSR count). The summed E-state index contributed by atoms with van der Waals surface area (Å²) in [4.78, 5) is 11.9. The van der Waals surface area contributed by atoms with Crippen molar-refractivity contribution >= 4 is 23.1 Å². The lowest BCUT2D eigenvalue weighted by molar-refractivity contribution is -0.626. The largest absolute Gasteiger partial charge is 0.692 e. The summed E-state index contributed by atoms with van der Waals surface area (Å²) < 4.78 is 1.80. The van der Waals surface area contributed by atoms with Crippen LogP contribution in [0.15, 0.2) is 65.9 Å². The zero-order chi connectivity index (χ0) is 22.2. The number of fused-ring (bicyclic) bond motifs is 1. The van der Waals surface area contributed by atoms with Gasteiger partial charge in [0.15, 0.2) is 6.67 Å². The van der Waals surface area contributed by atoms with Crippen LogP contribution in [-0.4, -0.2) is 54.5 Å². The third-order valence-electron chi connectivity index (χ3n) is 5.53. The number of aromatic nitrogens is 3. The number of pyridine rings is 1. The smallest absolute Gasteiger partial charge is 0.318 e. The minimum absolute atomic E-state index is 0.299. The van der Waals surface area contributed by atoms with Crippen LogP contribution in [0.2, 0.25) is 0 Å². The van der Waals surface area contributed by atoms with E-state index in [9.17, 15) is 5.21 Å². The van der Waals surface area contributed by atoms with Crippen molar-refractivity contribution in [2.45, 2.75) is 20.4 Å². The number of hydrogen-bond acceptors (Lipinski definition) is 7. The van der Waals surface area contributed by atoms with Crippen LogP contribution in [0.5, 0.6) is 0 Å². The van der Waals surface area contributed by atoms with Gasteiger partial charge in [-0.3, -0.25) is 9.67 Å². The Morgan fingerprint density at radius 2 is 1.78 bits per heavy atom. The summed E-state index contributed by atoms with van der Waals surface area (Å²) in [6.45, 7) is 5.29. The lowest BCUT2D eigenvalue weighted by Gasteiger charge is -2.21. The maximum absolute atomic E-state index is 13.5. The van der Waals surface area contributed by atoms with Gasteiger partial charge in [0.1, 0.15) is 5.57 Å². The Morgan fingerprint density at radius 3 is 2.47 bits per heavy atom. The Hall–Kier alpha value is -4.14. The van der Waals surface area contributed by atoms with Gasteiger partial charge >= 0.3 is 5.84 Å². The summed E-state index contributed by atoms with van der Waals surface area (Å²) in [6.07, 6.45) is 3.60. The van der Waals surface area contributed by atoms with Gasteiger partial charge < -0.3 is 10.9 Å². The molecule has 32 heavy (non-hydrogen) atoms. The number of hydrazone groups is 1. The van der Waals surface area contributed by atoms with Gasteiger partial charge in [-0.25, -0.2) is 5.01 Å². The van der Waals surface area contributed by atoms with E-state index in [0.717, 1.165) is 32.9 Å². The van der Waals surface area contributed by atoms with Crippen molar-refractivity contribution in [3.8, 4) is 0 Å². The molecule has 0 amide bonds. The van der Waals surface area contributed by atoms with Gasteiger partial charge in [-0.05, 0) is 37.6 Å². The fraction of sp³-hybridized carbons (Fsp3) is 0.217. The van der Waals surface area contributed by atoms with Crippen LogP contribution in [0.4, 0.5) is 0 Å². The number of benzene rings is 1. The molecular formula is C23H24N8O. The summed E-state index contributed by atoms with van der Waals surface area (Å²) in [6, 6.07) is 15.6. The van der Waals surface area contributed by atoms with E-state index in [-0.39, 0.29) is 0 Å². The standard InChI is InChI=1S/C23H24N8O/c1-16-13-19(14-17(2)26-16)20-21(18-7-4-3-5-8-18)27-23(24)30-15-29(31(32)22(20)30)12-11-28-10-6-9-25-28/h3-10,13-14H,11-12,15H2,1-2H3,(H2,24,27). The lowest BCUT2D eigenvalue weighted by atomic mass is 9.96. The highest BCUT2D eigenvalue weighted by atomic mass is 16.5. The Balaban J connectivity index is 1.66. The molecule has 2 aliphatic rings. The number of hydrazine groups is 1. The first-order chi connectivity index (χ1) is 15.5. The zero-order valence-electron chi connectivity index (χ0n) is 18.0. The molecule has 4 heterocycles. The van der Waals surface area contributed by atoms with Crippen molar-refractivity contribution < 1.29 is 4.85 Å². The number of aryl methyl sites for hydroxylation is 2. The SMILES string of the molecule is Cc1cc(C2=C(c3ccccc3)N=C(N)N3CN(CCn4cccn4)[N+]([O-])=C23)cc(C)n1. The molecule has 0 radical (unpaired) electrons. The second kappa shape index (κ2) is 7.84. The number of aliphatic imine (C=N–C) groups is 1. The van der Waals surface area contributed by atoms with Crippen LogP contribution in [0.1, 0.15) is 22.5 Å². The molecule has 0 aliphatic carbocycles. The summed E-state index contributed by atoms with van der Waals surface area (Å²) in [5.41, 5.74) is 11.3. The van der Waals surface area contributed by atoms with E-state index in [0.29, 0.717) is 37.3 Å². The number of guanidine groups is 1. The van der Waals surface area contributed by atoms with Crippen molar-refractivity contribution in [2.24, 2.45) is 10.7 Å². The molecule has 1 aromatic carbocycles. The van der Waals surface area contributed by atoms with Crippen LogP contribution in [0.25, 0.3) is 11.3 Å². The van der Waals surface area contributed by atoms with Crippen molar-refractivity contribution in [1.82, 2.24) is 24.7 Å². The van der Waals surface area contributed by atoms with Crippen LogP contribution < -0.4 is 5.73 Å². The maximum atomic E-state index is 13.5. The van der Waals surface area contributed by atoms with Gasteiger partial charge in [-0.15, -0.1) is 0 Å². The monoisotopic (exact) mass is 428 g/mol. The molecule has 162 valence electrons. The Labute approximate surface area is 186 Å². The molecule has 2 aromatic heterocycles. The maximum Gasteiger partial charge on any atom is 0.318 e. The van der Waals surface area contributed by atoms with Gasteiger partial charge in [0.25, 0.3) is 5.96 Å². The van der Waals surface area contributed by atoms with Gasteiger partial charge in [-0.1, -0.05) is 30.3 Å². The van der Waals surface area contributed by atoms with Crippen LogP contribution in [-0.2, 0) is 6.54 Å². The summed E-state index contributed by atoms with van der Waals surface area (Å²) in [7, 11) is 0. The topological polar surface area (TPSA) is 102 Å². The highest BCUT2D eigenvalue weighted by Gasteiger charge is 2.43. The average molecular weight is 429 g/mol. The molecular weight excluding hydrogens is 404 g/mol. The molecule has 0 unspecified atom stereocenters. The van der Waals surface area contributed by atoms with E-state index in [2.05, 4.69) is 10.1 Å². The van der Waals surface area contributed by atoms with Crippen LogP contribution in [0.3, 0.4) is 0 Å². The first-order valence-electron chi connectivity index (χ1n) is 10.4. The molecule has 0 spiro atoms.